The standard InChI is InChI=1S/C24H17Cl2O/c1-16-2-4-18(5-3-16)23-14-20(17-6-10-21(25)11-7-17)15-24(27-23)19-8-12-22(26)13-9-19/h2-15H,1H3/q+1. The fourth-order valence-corrected chi connectivity index (χ4v) is 3.18. The first kappa shape index (κ1) is 17.8. The molecule has 0 unspecified atom stereocenters. The molecule has 0 aliphatic carbocycles. The Labute approximate surface area is 168 Å². The molecule has 0 atom stereocenters. The molecule has 0 amide bonds. The summed E-state index contributed by atoms with van der Waals surface area (Å²) >= 11 is 12.1. The van der Waals surface area contributed by atoms with Gasteiger partial charge in [-0.1, -0.05) is 53.0 Å². The molecule has 3 aromatic carbocycles. The molecule has 4 rings (SSSR count). The van der Waals surface area contributed by atoms with Crippen LogP contribution in [0.3, 0.4) is 0 Å². The van der Waals surface area contributed by atoms with Crippen LogP contribution in [0.25, 0.3) is 33.8 Å². The van der Waals surface area contributed by atoms with Gasteiger partial charge in [-0.25, -0.2) is 4.42 Å². The van der Waals surface area contributed by atoms with Gasteiger partial charge < -0.3 is 0 Å². The third kappa shape index (κ3) is 4.05. The second kappa shape index (κ2) is 7.56. The van der Waals surface area contributed by atoms with Crippen molar-refractivity contribution in [2.75, 3.05) is 0 Å². The van der Waals surface area contributed by atoms with Crippen molar-refractivity contribution in [3.05, 3.63) is 101 Å². The molecule has 0 aliphatic heterocycles. The monoisotopic (exact) mass is 391 g/mol. The van der Waals surface area contributed by atoms with Gasteiger partial charge in [-0.05, 0) is 61.0 Å². The lowest BCUT2D eigenvalue weighted by Crippen LogP contribution is -1.86. The van der Waals surface area contributed by atoms with Gasteiger partial charge >= 0.3 is 11.5 Å². The highest BCUT2D eigenvalue weighted by Gasteiger charge is 2.20. The van der Waals surface area contributed by atoms with Crippen LogP contribution in [0.2, 0.25) is 10.0 Å². The second-order valence-corrected chi connectivity index (χ2v) is 7.33. The van der Waals surface area contributed by atoms with Gasteiger partial charge in [-0.2, -0.15) is 0 Å². The van der Waals surface area contributed by atoms with E-state index in [-0.39, 0.29) is 0 Å². The third-order valence-corrected chi connectivity index (χ3v) is 4.94. The van der Waals surface area contributed by atoms with E-state index in [2.05, 4.69) is 37.3 Å². The molecular formula is C24H17Cl2O+. The Balaban J connectivity index is 1.89. The van der Waals surface area contributed by atoms with E-state index in [0.717, 1.165) is 38.8 Å². The van der Waals surface area contributed by atoms with Crippen LogP contribution in [-0.4, -0.2) is 0 Å². The van der Waals surface area contributed by atoms with Crippen LogP contribution in [0.15, 0.2) is 89.3 Å². The van der Waals surface area contributed by atoms with Crippen LogP contribution < -0.4 is 0 Å². The number of rotatable bonds is 3. The maximum absolute atomic E-state index is 6.25. The van der Waals surface area contributed by atoms with E-state index in [1.54, 1.807) is 0 Å². The quantitative estimate of drug-likeness (QED) is 0.320. The largest absolute Gasteiger partial charge is 0.361 e. The Morgan fingerprint density at radius 2 is 0.926 bits per heavy atom. The molecule has 1 nitrogen and oxygen atoms in total. The number of benzene rings is 3. The molecule has 0 spiro atoms. The fourth-order valence-electron chi connectivity index (χ4n) is 2.93. The maximum atomic E-state index is 6.25. The van der Waals surface area contributed by atoms with Crippen LogP contribution in [0.1, 0.15) is 5.56 Å². The van der Waals surface area contributed by atoms with Crippen molar-refractivity contribution < 1.29 is 4.42 Å². The van der Waals surface area contributed by atoms with Crippen molar-refractivity contribution in [1.29, 1.82) is 0 Å². The SMILES string of the molecule is Cc1ccc(-c2cc(-c3ccc(Cl)cc3)cc(-c3ccc(Cl)cc3)[o+]2)cc1. The smallest absolute Gasteiger partial charge is 0.207 e. The Hall–Kier alpha value is -2.61. The van der Waals surface area contributed by atoms with Gasteiger partial charge in [0.1, 0.15) is 0 Å². The Morgan fingerprint density at radius 1 is 0.519 bits per heavy atom. The van der Waals surface area contributed by atoms with Gasteiger partial charge in [0.05, 0.1) is 23.3 Å². The fraction of sp³-hybridized carbons (Fsp3) is 0.0417. The van der Waals surface area contributed by atoms with Crippen molar-refractivity contribution in [3.63, 3.8) is 0 Å². The van der Waals surface area contributed by atoms with E-state index in [4.69, 9.17) is 27.6 Å². The summed E-state index contributed by atoms with van der Waals surface area (Å²) in [5, 5.41) is 1.42. The predicted octanol–water partition coefficient (Wildman–Crippen LogP) is 8.18. The third-order valence-electron chi connectivity index (χ3n) is 4.44. The average molecular weight is 392 g/mol. The molecule has 0 radical (unpaired) electrons. The zero-order chi connectivity index (χ0) is 18.8. The highest BCUT2D eigenvalue weighted by Crippen LogP contribution is 2.33. The van der Waals surface area contributed by atoms with Crippen LogP contribution in [-0.2, 0) is 0 Å². The molecule has 27 heavy (non-hydrogen) atoms. The minimum absolute atomic E-state index is 0.700. The zero-order valence-corrected chi connectivity index (χ0v) is 16.3. The van der Waals surface area contributed by atoms with Crippen LogP contribution in [0.4, 0.5) is 0 Å². The number of halogens is 2. The van der Waals surface area contributed by atoms with Gasteiger partial charge in [0.15, 0.2) is 0 Å². The van der Waals surface area contributed by atoms with E-state index >= 15 is 0 Å². The summed E-state index contributed by atoms with van der Waals surface area (Å²) in [4.78, 5) is 0. The first-order valence-electron chi connectivity index (χ1n) is 8.66. The van der Waals surface area contributed by atoms with Crippen molar-refractivity contribution in [2.24, 2.45) is 0 Å². The molecule has 3 heteroatoms. The maximum Gasteiger partial charge on any atom is 0.361 e. The lowest BCUT2D eigenvalue weighted by Gasteiger charge is -2.03. The van der Waals surface area contributed by atoms with Gasteiger partial charge in [0.25, 0.3) is 0 Å². The van der Waals surface area contributed by atoms with Crippen molar-refractivity contribution in [1.82, 2.24) is 0 Å². The molecule has 1 heterocycles. The Morgan fingerprint density at radius 3 is 1.41 bits per heavy atom. The highest BCUT2D eigenvalue weighted by atomic mass is 35.5. The Bertz CT molecular complexity index is 913. The van der Waals surface area contributed by atoms with Gasteiger partial charge in [-0.15, -0.1) is 0 Å². The molecule has 1 aromatic heterocycles. The molecule has 0 aliphatic rings. The van der Waals surface area contributed by atoms with Crippen molar-refractivity contribution >= 4 is 23.2 Å². The summed E-state index contributed by atoms with van der Waals surface area (Å²) in [6, 6.07) is 27.9. The Kier molecular flexibility index (Phi) is 4.98. The van der Waals surface area contributed by atoms with E-state index in [9.17, 15) is 0 Å². The molecule has 0 bridgehead atoms. The van der Waals surface area contributed by atoms with Crippen molar-refractivity contribution in [2.45, 2.75) is 6.92 Å². The van der Waals surface area contributed by atoms with Gasteiger partial charge in [-0.3, -0.25) is 0 Å². The minimum Gasteiger partial charge on any atom is -0.207 e. The lowest BCUT2D eigenvalue weighted by atomic mass is 10.0. The summed E-state index contributed by atoms with van der Waals surface area (Å²) in [7, 11) is 0. The van der Waals surface area contributed by atoms with Gasteiger partial charge in [0.2, 0.25) is 0 Å². The minimum atomic E-state index is 0.700. The van der Waals surface area contributed by atoms with Crippen molar-refractivity contribution in [3.8, 4) is 33.8 Å². The van der Waals surface area contributed by atoms with E-state index < -0.39 is 0 Å². The van der Waals surface area contributed by atoms with E-state index in [0.29, 0.717) is 5.02 Å². The van der Waals surface area contributed by atoms with Gasteiger partial charge in [0, 0.05) is 15.6 Å². The van der Waals surface area contributed by atoms with E-state index in [1.165, 1.54) is 5.56 Å². The average Bonchev–Trinajstić information content (AvgIpc) is 2.69. The van der Waals surface area contributed by atoms with Crippen LogP contribution >= 0.6 is 23.2 Å². The molecular weight excluding hydrogens is 375 g/mol. The number of hydrogen-bond acceptors (Lipinski definition) is 0. The molecule has 0 fully saturated rings. The summed E-state index contributed by atoms with van der Waals surface area (Å²) in [6.45, 7) is 2.07. The summed E-state index contributed by atoms with van der Waals surface area (Å²) in [5.74, 6) is 1.60. The molecule has 4 aromatic rings. The zero-order valence-electron chi connectivity index (χ0n) is 14.7. The summed E-state index contributed by atoms with van der Waals surface area (Å²) in [6.07, 6.45) is 0. The first-order valence-corrected chi connectivity index (χ1v) is 9.41. The van der Waals surface area contributed by atoms with Crippen LogP contribution in [0, 0.1) is 6.92 Å². The molecule has 0 saturated heterocycles. The highest BCUT2D eigenvalue weighted by molar-refractivity contribution is 6.30. The number of aryl methyl sites for hydroxylation is 1. The molecule has 132 valence electrons. The lowest BCUT2D eigenvalue weighted by molar-refractivity contribution is 0.582. The first-order chi connectivity index (χ1) is 13.1. The topological polar surface area (TPSA) is 11.3 Å². The van der Waals surface area contributed by atoms with Crippen LogP contribution in [0.5, 0.6) is 0 Å². The molecule has 0 saturated carbocycles. The summed E-state index contributed by atoms with van der Waals surface area (Å²) in [5.41, 5.74) is 5.37. The molecule has 0 N–H and O–H groups in total. The second-order valence-electron chi connectivity index (χ2n) is 6.45. The number of hydrogen-bond donors (Lipinski definition) is 0. The predicted molar refractivity (Wildman–Crippen MR) is 114 cm³/mol. The summed E-state index contributed by atoms with van der Waals surface area (Å²) < 4.78 is 6.25. The normalized spacial score (nSPS) is 10.8. The van der Waals surface area contributed by atoms with E-state index in [1.807, 2.05) is 54.6 Å².